The molecule has 2 heterocycles. The highest BCUT2D eigenvalue weighted by molar-refractivity contribution is 6.43. The Labute approximate surface area is 184 Å². The van der Waals surface area contributed by atoms with E-state index in [4.69, 9.17) is 23.2 Å². The number of rotatable bonds is 2. The van der Waals surface area contributed by atoms with Crippen molar-refractivity contribution >= 4 is 29.1 Å². The number of amides is 1. The second-order valence-corrected chi connectivity index (χ2v) is 7.91. The summed E-state index contributed by atoms with van der Waals surface area (Å²) in [6, 6.07) is 7.06. The van der Waals surface area contributed by atoms with E-state index in [0.29, 0.717) is 11.9 Å². The van der Waals surface area contributed by atoms with E-state index in [-0.39, 0.29) is 52.0 Å². The van der Waals surface area contributed by atoms with Crippen LogP contribution in [0.25, 0.3) is 11.4 Å². The van der Waals surface area contributed by atoms with Gasteiger partial charge < -0.3 is 9.47 Å². The van der Waals surface area contributed by atoms with E-state index < -0.39 is 17.6 Å². The fourth-order valence-electron chi connectivity index (χ4n) is 3.51. The van der Waals surface area contributed by atoms with Crippen molar-refractivity contribution in [3.8, 4) is 11.4 Å². The Kier molecular flexibility index (Phi) is 5.43. The van der Waals surface area contributed by atoms with Crippen molar-refractivity contribution in [1.29, 1.82) is 0 Å². The summed E-state index contributed by atoms with van der Waals surface area (Å²) in [7, 11) is 0. The lowest BCUT2D eigenvalue weighted by atomic mass is 10.1. The van der Waals surface area contributed by atoms with Crippen LogP contribution in [0, 0.1) is 5.82 Å². The molecule has 3 aromatic rings. The average molecular weight is 473 g/mol. The van der Waals surface area contributed by atoms with Crippen LogP contribution in [-0.4, -0.2) is 31.6 Å². The Balaban J connectivity index is 1.65. The SMILES string of the molecule is C[C@H]1Cn2c(nnc2-c2ccc(C(F)(F)F)c(F)c2)CN1C(=O)c1cccc(Cl)c1Cl. The summed E-state index contributed by atoms with van der Waals surface area (Å²) in [4.78, 5) is 14.6. The second-order valence-electron chi connectivity index (χ2n) is 7.13. The number of halogens is 6. The van der Waals surface area contributed by atoms with Crippen molar-refractivity contribution in [2.45, 2.75) is 32.2 Å². The minimum Gasteiger partial charge on any atom is -0.327 e. The van der Waals surface area contributed by atoms with Crippen LogP contribution in [0.15, 0.2) is 36.4 Å². The van der Waals surface area contributed by atoms with Gasteiger partial charge in [0.2, 0.25) is 0 Å². The molecule has 0 fully saturated rings. The molecule has 1 aliphatic heterocycles. The summed E-state index contributed by atoms with van der Waals surface area (Å²) in [5.74, 6) is -1.09. The van der Waals surface area contributed by atoms with Gasteiger partial charge in [-0.2, -0.15) is 13.2 Å². The topological polar surface area (TPSA) is 51.0 Å². The number of aromatic nitrogens is 3. The zero-order valence-corrected chi connectivity index (χ0v) is 17.4. The summed E-state index contributed by atoms with van der Waals surface area (Å²) >= 11 is 12.2. The van der Waals surface area contributed by atoms with Crippen molar-refractivity contribution in [2.75, 3.05) is 0 Å². The molecule has 0 spiro atoms. The standard InChI is InChI=1S/C20H14Cl2F4N4O/c1-10-8-30-16(9-29(10)19(31)12-3-2-4-14(21)17(12)22)27-28-18(30)11-5-6-13(15(23)7-11)20(24,25)26/h2-7,10H,8-9H2,1H3/t10-/m0/s1. The zero-order chi connectivity index (χ0) is 22.5. The molecule has 0 radical (unpaired) electrons. The van der Waals surface area contributed by atoms with Crippen LogP contribution in [0.5, 0.6) is 0 Å². The van der Waals surface area contributed by atoms with E-state index in [0.717, 1.165) is 12.1 Å². The molecule has 31 heavy (non-hydrogen) atoms. The van der Waals surface area contributed by atoms with Crippen LogP contribution in [0.2, 0.25) is 10.0 Å². The largest absolute Gasteiger partial charge is 0.419 e. The summed E-state index contributed by atoms with van der Waals surface area (Å²) in [6.07, 6.45) is -4.79. The van der Waals surface area contributed by atoms with Crippen molar-refractivity contribution in [2.24, 2.45) is 0 Å². The molecule has 0 saturated heterocycles. The minimum atomic E-state index is -4.79. The van der Waals surface area contributed by atoms with Crippen LogP contribution < -0.4 is 0 Å². The van der Waals surface area contributed by atoms with E-state index in [1.807, 2.05) is 0 Å². The monoisotopic (exact) mass is 472 g/mol. The van der Waals surface area contributed by atoms with Crippen molar-refractivity contribution < 1.29 is 22.4 Å². The molecule has 11 heteroatoms. The highest BCUT2D eigenvalue weighted by atomic mass is 35.5. The Hall–Kier alpha value is -2.65. The van der Waals surface area contributed by atoms with Crippen LogP contribution in [-0.2, 0) is 19.3 Å². The second kappa shape index (κ2) is 7.80. The molecule has 1 amide bonds. The molecule has 0 bridgehead atoms. The molecule has 0 unspecified atom stereocenters. The van der Waals surface area contributed by atoms with E-state index in [1.54, 1.807) is 34.6 Å². The quantitative estimate of drug-likeness (QED) is 0.465. The molecule has 4 rings (SSSR count). The van der Waals surface area contributed by atoms with Gasteiger partial charge in [-0.3, -0.25) is 4.79 Å². The molecule has 0 aliphatic carbocycles. The molecule has 1 atom stereocenters. The van der Waals surface area contributed by atoms with Gasteiger partial charge in [-0.05, 0) is 31.2 Å². The molecule has 0 N–H and O–H groups in total. The summed E-state index contributed by atoms with van der Waals surface area (Å²) < 4.78 is 54.2. The third-order valence-electron chi connectivity index (χ3n) is 5.09. The molecule has 0 saturated carbocycles. The number of carbonyl (C=O) groups is 1. The Morgan fingerprint density at radius 2 is 1.90 bits per heavy atom. The number of carbonyl (C=O) groups excluding carboxylic acids is 1. The van der Waals surface area contributed by atoms with Gasteiger partial charge in [0.25, 0.3) is 5.91 Å². The maximum absolute atomic E-state index is 14.0. The predicted molar refractivity (Wildman–Crippen MR) is 106 cm³/mol. The number of alkyl halides is 3. The van der Waals surface area contributed by atoms with Crippen LogP contribution in [0.1, 0.15) is 28.7 Å². The molecule has 162 valence electrons. The van der Waals surface area contributed by atoms with Crippen LogP contribution in [0.3, 0.4) is 0 Å². The lowest BCUT2D eigenvalue weighted by molar-refractivity contribution is -0.139. The van der Waals surface area contributed by atoms with E-state index >= 15 is 0 Å². The van der Waals surface area contributed by atoms with E-state index in [1.165, 1.54) is 0 Å². The fraction of sp³-hybridized carbons (Fsp3) is 0.250. The first-order valence-electron chi connectivity index (χ1n) is 9.12. The lowest BCUT2D eigenvalue weighted by Crippen LogP contribution is -2.45. The fourth-order valence-corrected chi connectivity index (χ4v) is 3.89. The Bertz CT molecular complexity index is 1180. The molecular weight excluding hydrogens is 459 g/mol. The molecule has 2 aromatic carbocycles. The van der Waals surface area contributed by atoms with Crippen LogP contribution in [0.4, 0.5) is 17.6 Å². The van der Waals surface area contributed by atoms with Gasteiger partial charge in [0, 0.05) is 18.2 Å². The van der Waals surface area contributed by atoms with Gasteiger partial charge >= 0.3 is 6.18 Å². The Morgan fingerprint density at radius 1 is 1.16 bits per heavy atom. The number of benzene rings is 2. The third kappa shape index (κ3) is 3.87. The van der Waals surface area contributed by atoms with Crippen molar-refractivity contribution in [3.63, 3.8) is 0 Å². The first-order valence-corrected chi connectivity index (χ1v) is 9.87. The van der Waals surface area contributed by atoms with Gasteiger partial charge in [-0.1, -0.05) is 35.3 Å². The average Bonchev–Trinajstić information content (AvgIpc) is 3.10. The third-order valence-corrected chi connectivity index (χ3v) is 5.91. The first kappa shape index (κ1) is 21.6. The Morgan fingerprint density at radius 3 is 2.58 bits per heavy atom. The number of fused-ring (bicyclic) bond motifs is 1. The van der Waals surface area contributed by atoms with Crippen LogP contribution >= 0.6 is 23.2 Å². The van der Waals surface area contributed by atoms with E-state index in [9.17, 15) is 22.4 Å². The normalized spacial score (nSPS) is 16.4. The lowest BCUT2D eigenvalue weighted by Gasteiger charge is -2.34. The molecule has 1 aliphatic rings. The van der Waals surface area contributed by atoms with Crippen molar-refractivity contribution in [1.82, 2.24) is 19.7 Å². The van der Waals surface area contributed by atoms with Crippen molar-refractivity contribution in [3.05, 3.63) is 69.2 Å². The predicted octanol–water partition coefficient (Wildman–Crippen LogP) is 5.45. The summed E-state index contributed by atoms with van der Waals surface area (Å²) in [5, 5.41) is 8.47. The van der Waals surface area contributed by atoms with E-state index in [2.05, 4.69) is 10.2 Å². The number of hydrogen-bond donors (Lipinski definition) is 0. The molecular formula is C20H14Cl2F4N4O. The first-order chi connectivity index (χ1) is 14.6. The number of nitrogens with zero attached hydrogens (tertiary/aromatic N) is 4. The maximum atomic E-state index is 14.0. The van der Waals surface area contributed by atoms with Gasteiger partial charge in [0.15, 0.2) is 11.6 Å². The van der Waals surface area contributed by atoms with Gasteiger partial charge in [0.1, 0.15) is 5.82 Å². The molecule has 5 nitrogen and oxygen atoms in total. The minimum absolute atomic E-state index is 0.0962. The summed E-state index contributed by atoms with van der Waals surface area (Å²) in [6.45, 7) is 2.17. The maximum Gasteiger partial charge on any atom is 0.419 e. The highest BCUT2D eigenvalue weighted by Gasteiger charge is 2.35. The van der Waals surface area contributed by atoms with Gasteiger partial charge in [-0.15, -0.1) is 10.2 Å². The number of hydrogen-bond acceptors (Lipinski definition) is 3. The van der Waals surface area contributed by atoms with Gasteiger partial charge in [0.05, 0.1) is 27.7 Å². The highest BCUT2D eigenvalue weighted by Crippen LogP contribution is 2.34. The zero-order valence-electron chi connectivity index (χ0n) is 15.9. The summed E-state index contributed by atoms with van der Waals surface area (Å²) in [5.41, 5.74) is -0.939. The van der Waals surface area contributed by atoms with Gasteiger partial charge in [-0.25, -0.2) is 4.39 Å². The molecule has 1 aromatic heterocycles. The smallest absolute Gasteiger partial charge is 0.327 e.